The lowest BCUT2D eigenvalue weighted by atomic mass is 10.2. The number of carbonyl (C=O) groups excluding carboxylic acids is 1. The van der Waals surface area contributed by atoms with Crippen molar-refractivity contribution in [2.45, 2.75) is 32.4 Å². The zero-order valence-electron chi connectivity index (χ0n) is 13.2. The second-order valence-electron chi connectivity index (χ2n) is 6.07. The number of hydrogen-bond donors (Lipinski definition) is 0. The summed E-state index contributed by atoms with van der Waals surface area (Å²) in [6.45, 7) is 5.46. The van der Waals surface area contributed by atoms with Gasteiger partial charge in [-0.3, -0.25) is 4.90 Å². The van der Waals surface area contributed by atoms with Gasteiger partial charge in [0.15, 0.2) is 0 Å². The average molecular weight is 293 g/mol. The van der Waals surface area contributed by atoms with E-state index < -0.39 is 0 Å². The fraction of sp³-hybridized carbons (Fsp3) is 0.562. The lowest BCUT2D eigenvalue weighted by Gasteiger charge is -2.31. The minimum Gasteiger partial charge on any atom is -0.323 e. The first-order chi connectivity index (χ1) is 9.90. The Morgan fingerprint density at radius 1 is 1.29 bits per heavy atom. The van der Waals surface area contributed by atoms with Crippen LogP contribution in [0.5, 0.6) is 0 Å². The molecule has 1 aromatic carbocycles. The molecule has 0 bridgehead atoms. The number of nitrogens with zero attached hydrogens (tertiary/aromatic N) is 3. The molecular formula is C16H24FN3O. The first-order valence-corrected chi connectivity index (χ1v) is 7.40. The molecule has 1 atom stereocenters. The summed E-state index contributed by atoms with van der Waals surface area (Å²) < 4.78 is 13.1. The fourth-order valence-corrected chi connectivity index (χ4v) is 2.72. The van der Waals surface area contributed by atoms with E-state index in [-0.39, 0.29) is 17.9 Å². The van der Waals surface area contributed by atoms with Crippen molar-refractivity contribution in [2.24, 2.45) is 0 Å². The summed E-state index contributed by atoms with van der Waals surface area (Å²) in [5.41, 5.74) is 0.740. The molecular weight excluding hydrogens is 269 g/mol. The van der Waals surface area contributed by atoms with Crippen LogP contribution >= 0.6 is 0 Å². The molecule has 1 aliphatic rings. The molecule has 0 aromatic heterocycles. The summed E-state index contributed by atoms with van der Waals surface area (Å²) in [5, 5.41) is 0. The van der Waals surface area contributed by atoms with Crippen molar-refractivity contribution in [3.8, 4) is 0 Å². The summed E-state index contributed by atoms with van der Waals surface area (Å²) >= 11 is 0. The van der Waals surface area contributed by atoms with Gasteiger partial charge in [-0.2, -0.15) is 0 Å². The maximum Gasteiger partial charge on any atom is 0.324 e. The first kappa shape index (κ1) is 15.8. The van der Waals surface area contributed by atoms with Crippen LogP contribution in [0.2, 0.25) is 0 Å². The van der Waals surface area contributed by atoms with E-state index in [1.807, 2.05) is 32.8 Å². The van der Waals surface area contributed by atoms with E-state index in [4.69, 9.17) is 0 Å². The quantitative estimate of drug-likeness (QED) is 0.857. The van der Waals surface area contributed by atoms with Gasteiger partial charge in [-0.05, 0) is 58.6 Å². The van der Waals surface area contributed by atoms with Gasteiger partial charge in [0, 0.05) is 30.9 Å². The van der Waals surface area contributed by atoms with Gasteiger partial charge >= 0.3 is 6.03 Å². The molecule has 1 saturated heterocycles. The van der Waals surface area contributed by atoms with E-state index in [9.17, 15) is 9.18 Å². The average Bonchev–Trinajstić information content (AvgIpc) is 2.90. The molecule has 1 aromatic rings. The Morgan fingerprint density at radius 2 is 1.90 bits per heavy atom. The van der Waals surface area contributed by atoms with Crippen LogP contribution in [-0.2, 0) is 0 Å². The second-order valence-corrected chi connectivity index (χ2v) is 6.07. The van der Waals surface area contributed by atoms with Gasteiger partial charge in [0.05, 0.1) is 0 Å². The summed E-state index contributed by atoms with van der Waals surface area (Å²) in [7, 11) is 4.08. The molecule has 1 heterocycles. The molecule has 1 aliphatic heterocycles. The number of benzene rings is 1. The highest BCUT2D eigenvalue weighted by Crippen LogP contribution is 2.22. The lowest BCUT2D eigenvalue weighted by Crippen LogP contribution is -2.46. The highest BCUT2D eigenvalue weighted by Gasteiger charge is 2.31. The Labute approximate surface area is 126 Å². The maximum absolute atomic E-state index is 13.1. The van der Waals surface area contributed by atoms with E-state index in [1.54, 1.807) is 17.0 Å². The highest BCUT2D eigenvalue weighted by atomic mass is 19.1. The molecule has 1 fully saturated rings. The van der Waals surface area contributed by atoms with Crippen LogP contribution in [0.25, 0.3) is 0 Å². The zero-order valence-corrected chi connectivity index (χ0v) is 13.2. The molecule has 0 aliphatic carbocycles. The maximum atomic E-state index is 13.1. The minimum atomic E-state index is -0.288. The number of carbonyl (C=O) groups is 1. The van der Waals surface area contributed by atoms with Crippen LogP contribution in [0.3, 0.4) is 0 Å². The first-order valence-electron chi connectivity index (χ1n) is 7.40. The van der Waals surface area contributed by atoms with Crippen molar-refractivity contribution < 1.29 is 9.18 Å². The summed E-state index contributed by atoms with van der Waals surface area (Å²) in [5.74, 6) is -0.288. The van der Waals surface area contributed by atoms with Crippen LogP contribution in [0.1, 0.15) is 20.3 Å². The lowest BCUT2D eigenvalue weighted by molar-refractivity contribution is 0.208. The molecule has 5 heteroatoms. The molecule has 0 radical (unpaired) electrons. The number of likely N-dealkylation sites (N-methyl/N-ethyl adjacent to an activating group) is 1. The van der Waals surface area contributed by atoms with Crippen LogP contribution in [-0.4, -0.2) is 55.1 Å². The largest absolute Gasteiger partial charge is 0.324 e. The zero-order chi connectivity index (χ0) is 15.6. The number of likely N-dealkylation sites (tertiary alicyclic amines) is 1. The fourth-order valence-electron chi connectivity index (χ4n) is 2.72. The number of urea groups is 1. The number of hydrogen-bond acceptors (Lipinski definition) is 2. The monoisotopic (exact) mass is 293 g/mol. The number of anilines is 1. The number of rotatable bonds is 3. The van der Waals surface area contributed by atoms with Crippen molar-refractivity contribution in [1.29, 1.82) is 0 Å². The standard InChI is InChI=1S/C16H24FN3O/c1-12(2)20(14-7-5-13(17)6-8-14)16(21)19-10-9-15(11-19)18(3)4/h5-8,12,15H,9-11H2,1-4H3/t15-/m0/s1. The Balaban J connectivity index is 2.15. The number of halogens is 1. The summed E-state index contributed by atoms with van der Waals surface area (Å²) in [6.07, 6.45) is 0.994. The Hall–Kier alpha value is -1.62. The van der Waals surface area contributed by atoms with E-state index >= 15 is 0 Å². The van der Waals surface area contributed by atoms with Gasteiger partial charge in [-0.15, -0.1) is 0 Å². The topological polar surface area (TPSA) is 26.8 Å². The number of amides is 2. The molecule has 4 nitrogen and oxygen atoms in total. The predicted octanol–water partition coefficient (Wildman–Crippen LogP) is 2.80. The molecule has 21 heavy (non-hydrogen) atoms. The predicted molar refractivity (Wildman–Crippen MR) is 83.1 cm³/mol. The van der Waals surface area contributed by atoms with E-state index in [2.05, 4.69) is 4.90 Å². The molecule has 116 valence electrons. The van der Waals surface area contributed by atoms with Crippen molar-refractivity contribution in [3.63, 3.8) is 0 Å². The van der Waals surface area contributed by atoms with E-state index in [1.165, 1.54) is 12.1 Å². The molecule has 0 unspecified atom stereocenters. The SMILES string of the molecule is CC(C)N(C(=O)N1CC[C@H](N(C)C)C1)c1ccc(F)cc1. The minimum absolute atomic E-state index is 0.000887. The molecule has 0 spiro atoms. The van der Waals surface area contributed by atoms with Gasteiger partial charge in [-0.1, -0.05) is 0 Å². The van der Waals surface area contributed by atoms with Gasteiger partial charge in [0.2, 0.25) is 0 Å². The third-order valence-electron chi connectivity index (χ3n) is 3.99. The summed E-state index contributed by atoms with van der Waals surface area (Å²) in [4.78, 5) is 18.6. The third kappa shape index (κ3) is 3.53. The van der Waals surface area contributed by atoms with Crippen molar-refractivity contribution in [3.05, 3.63) is 30.1 Å². The van der Waals surface area contributed by atoms with Gasteiger partial charge in [-0.25, -0.2) is 9.18 Å². The smallest absolute Gasteiger partial charge is 0.323 e. The van der Waals surface area contributed by atoms with Crippen molar-refractivity contribution in [1.82, 2.24) is 9.80 Å². The third-order valence-corrected chi connectivity index (χ3v) is 3.99. The molecule has 0 saturated carbocycles. The van der Waals surface area contributed by atoms with Crippen molar-refractivity contribution in [2.75, 3.05) is 32.1 Å². The van der Waals surface area contributed by atoms with Crippen LogP contribution in [0.4, 0.5) is 14.9 Å². The molecule has 2 rings (SSSR count). The second kappa shape index (κ2) is 6.43. The van der Waals surface area contributed by atoms with Crippen LogP contribution in [0, 0.1) is 5.82 Å². The molecule has 0 N–H and O–H groups in total. The summed E-state index contributed by atoms with van der Waals surface area (Å²) in [6, 6.07) is 6.55. The van der Waals surface area contributed by atoms with Gasteiger partial charge in [0.25, 0.3) is 0 Å². The Kier molecular flexibility index (Phi) is 4.83. The van der Waals surface area contributed by atoms with Crippen molar-refractivity contribution >= 4 is 11.7 Å². The van der Waals surface area contributed by atoms with E-state index in [0.717, 1.165) is 25.2 Å². The van der Waals surface area contributed by atoms with Gasteiger partial charge < -0.3 is 9.80 Å². The molecule has 2 amide bonds. The normalized spacial score (nSPS) is 18.6. The Bertz CT molecular complexity index is 487. The van der Waals surface area contributed by atoms with Gasteiger partial charge in [0.1, 0.15) is 5.82 Å². The Morgan fingerprint density at radius 3 is 2.38 bits per heavy atom. The van der Waals surface area contributed by atoms with Crippen LogP contribution < -0.4 is 4.90 Å². The van der Waals surface area contributed by atoms with E-state index in [0.29, 0.717) is 6.04 Å². The highest BCUT2D eigenvalue weighted by molar-refractivity contribution is 5.92. The van der Waals surface area contributed by atoms with Crippen LogP contribution in [0.15, 0.2) is 24.3 Å².